The highest BCUT2D eigenvalue weighted by atomic mass is 16.6. The van der Waals surface area contributed by atoms with Gasteiger partial charge in [-0.3, -0.25) is 10.1 Å². The van der Waals surface area contributed by atoms with Crippen molar-refractivity contribution in [2.45, 2.75) is 0 Å². The predicted molar refractivity (Wildman–Crippen MR) is 77.5 cm³/mol. The zero-order valence-corrected chi connectivity index (χ0v) is 11.5. The molecule has 0 unspecified atom stereocenters. The molecule has 0 aromatic heterocycles. The Morgan fingerprint density at radius 1 is 1.09 bits per heavy atom. The number of nitro benzene ring substituents is 1. The molecule has 0 bridgehead atoms. The molecule has 0 atom stereocenters. The van der Waals surface area contributed by atoms with Gasteiger partial charge in [0.05, 0.1) is 11.0 Å². The Bertz CT molecular complexity index is 685. The molecule has 0 saturated carbocycles. The Morgan fingerprint density at radius 3 is 2.55 bits per heavy atom. The summed E-state index contributed by atoms with van der Waals surface area (Å²) >= 11 is 0. The topological polar surface area (TPSA) is 98.9 Å². The maximum atomic E-state index is 11.0. The van der Waals surface area contributed by atoms with Gasteiger partial charge in [-0.2, -0.15) is 0 Å². The van der Waals surface area contributed by atoms with E-state index in [9.17, 15) is 14.9 Å². The summed E-state index contributed by atoms with van der Waals surface area (Å²) in [7, 11) is 0. The summed E-state index contributed by atoms with van der Waals surface area (Å²) in [4.78, 5) is 21.1. The van der Waals surface area contributed by atoms with Crippen LogP contribution in [0.1, 0.15) is 10.4 Å². The van der Waals surface area contributed by atoms with Crippen molar-refractivity contribution in [3.05, 3.63) is 64.2 Å². The average molecular weight is 303 g/mol. The highest BCUT2D eigenvalue weighted by molar-refractivity contribution is 5.90. The number of nitrogens with zero attached hydrogens (tertiary/aromatic N) is 1. The number of para-hydroxylation sites is 1. The summed E-state index contributed by atoms with van der Waals surface area (Å²) in [5.41, 5.74) is 0.00694. The van der Waals surface area contributed by atoms with Gasteiger partial charge in [0.15, 0.2) is 0 Å². The molecule has 0 amide bonds. The molecular weight excluding hydrogens is 290 g/mol. The molecule has 0 radical (unpaired) electrons. The Morgan fingerprint density at radius 2 is 1.82 bits per heavy atom. The normalized spacial score (nSPS) is 10.0. The van der Waals surface area contributed by atoms with Crippen LogP contribution >= 0.6 is 0 Å². The highest BCUT2D eigenvalue weighted by Gasteiger charge is 2.10. The minimum absolute atomic E-state index is 0.0605. The monoisotopic (exact) mass is 303 g/mol. The third-order valence-electron chi connectivity index (χ3n) is 2.76. The van der Waals surface area contributed by atoms with Crippen LogP contribution in [0.15, 0.2) is 48.5 Å². The van der Waals surface area contributed by atoms with Gasteiger partial charge in [-0.25, -0.2) is 4.79 Å². The van der Waals surface area contributed by atoms with Crippen molar-refractivity contribution in [1.82, 2.24) is 0 Å². The molecule has 2 aromatic carbocycles. The smallest absolute Gasteiger partial charge is 0.339 e. The third kappa shape index (κ3) is 3.95. The van der Waals surface area contributed by atoms with Crippen molar-refractivity contribution in [2.75, 3.05) is 13.2 Å². The van der Waals surface area contributed by atoms with E-state index in [0.29, 0.717) is 5.75 Å². The average Bonchev–Trinajstić information content (AvgIpc) is 2.52. The van der Waals surface area contributed by atoms with Crippen molar-refractivity contribution >= 4 is 11.7 Å². The molecule has 22 heavy (non-hydrogen) atoms. The molecule has 7 heteroatoms. The first kappa shape index (κ1) is 15.3. The fraction of sp³-hybridized carbons (Fsp3) is 0.133. The van der Waals surface area contributed by atoms with Crippen molar-refractivity contribution in [1.29, 1.82) is 0 Å². The molecule has 0 aliphatic carbocycles. The van der Waals surface area contributed by atoms with Gasteiger partial charge >= 0.3 is 5.97 Å². The number of aromatic carboxylic acids is 1. The lowest BCUT2D eigenvalue weighted by molar-refractivity contribution is -0.384. The molecule has 0 heterocycles. The van der Waals surface area contributed by atoms with Gasteiger partial charge in [0.2, 0.25) is 0 Å². The maximum Gasteiger partial charge on any atom is 0.339 e. The summed E-state index contributed by atoms with van der Waals surface area (Å²) < 4.78 is 10.7. The minimum Gasteiger partial charge on any atom is -0.490 e. The molecule has 2 aromatic rings. The summed E-state index contributed by atoms with van der Waals surface area (Å²) in [5.74, 6) is -0.475. The molecule has 0 fully saturated rings. The van der Waals surface area contributed by atoms with E-state index < -0.39 is 10.9 Å². The van der Waals surface area contributed by atoms with Crippen LogP contribution in [0.25, 0.3) is 0 Å². The SMILES string of the molecule is O=C(O)c1ccccc1OCCOc1cccc([N+](=O)[O-])c1. The maximum absolute atomic E-state index is 11.0. The number of non-ortho nitro benzene ring substituents is 1. The number of ether oxygens (including phenoxy) is 2. The van der Waals surface area contributed by atoms with Crippen LogP contribution in [-0.4, -0.2) is 29.2 Å². The van der Waals surface area contributed by atoms with Gasteiger partial charge < -0.3 is 14.6 Å². The van der Waals surface area contributed by atoms with E-state index in [1.54, 1.807) is 24.3 Å². The summed E-state index contributed by atoms with van der Waals surface area (Å²) in [6.07, 6.45) is 0. The van der Waals surface area contributed by atoms with Crippen molar-refractivity contribution < 1.29 is 24.3 Å². The molecule has 2 rings (SSSR count). The fourth-order valence-corrected chi connectivity index (χ4v) is 1.77. The van der Waals surface area contributed by atoms with E-state index >= 15 is 0 Å². The van der Waals surface area contributed by atoms with E-state index in [1.807, 2.05) is 0 Å². The number of carbonyl (C=O) groups is 1. The second-order valence-corrected chi connectivity index (χ2v) is 4.25. The summed E-state index contributed by atoms with van der Waals surface area (Å²) in [5, 5.41) is 19.6. The van der Waals surface area contributed by atoms with Crippen LogP contribution in [0.2, 0.25) is 0 Å². The van der Waals surface area contributed by atoms with E-state index in [4.69, 9.17) is 14.6 Å². The predicted octanol–water partition coefficient (Wildman–Crippen LogP) is 2.75. The zero-order chi connectivity index (χ0) is 15.9. The standard InChI is InChI=1S/C15H13NO6/c17-15(18)13-6-1-2-7-14(13)22-9-8-21-12-5-3-4-11(10-12)16(19)20/h1-7,10H,8-9H2,(H,17,18). The van der Waals surface area contributed by atoms with Crippen molar-refractivity contribution in [3.8, 4) is 11.5 Å². The van der Waals surface area contributed by atoms with Gasteiger partial charge in [-0.1, -0.05) is 18.2 Å². The van der Waals surface area contributed by atoms with Crippen molar-refractivity contribution in [3.63, 3.8) is 0 Å². The molecule has 0 spiro atoms. The van der Waals surface area contributed by atoms with E-state index in [0.717, 1.165) is 0 Å². The van der Waals surface area contributed by atoms with E-state index in [2.05, 4.69) is 0 Å². The largest absolute Gasteiger partial charge is 0.490 e. The van der Waals surface area contributed by atoms with Crippen LogP contribution in [0.5, 0.6) is 11.5 Å². The van der Waals surface area contributed by atoms with Gasteiger partial charge in [0.25, 0.3) is 5.69 Å². The molecule has 0 aliphatic heterocycles. The number of carboxylic acids is 1. The fourth-order valence-electron chi connectivity index (χ4n) is 1.77. The van der Waals surface area contributed by atoms with Crippen LogP contribution in [0.3, 0.4) is 0 Å². The third-order valence-corrected chi connectivity index (χ3v) is 2.76. The summed E-state index contributed by atoms with van der Waals surface area (Å²) in [6, 6.07) is 12.1. The number of rotatable bonds is 7. The van der Waals surface area contributed by atoms with Gasteiger partial charge in [0.1, 0.15) is 30.3 Å². The summed E-state index contributed by atoms with van der Waals surface area (Å²) in [6.45, 7) is 0.252. The Balaban J connectivity index is 1.89. The second-order valence-electron chi connectivity index (χ2n) is 4.25. The second kappa shape index (κ2) is 7.07. The van der Waals surface area contributed by atoms with Gasteiger partial charge in [-0.05, 0) is 18.2 Å². The Labute approximate surface area is 125 Å². The van der Waals surface area contributed by atoms with E-state index in [-0.39, 0.29) is 30.2 Å². The van der Waals surface area contributed by atoms with Gasteiger partial charge in [0, 0.05) is 6.07 Å². The zero-order valence-electron chi connectivity index (χ0n) is 11.5. The van der Waals surface area contributed by atoms with E-state index in [1.165, 1.54) is 24.3 Å². The first-order chi connectivity index (χ1) is 10.6. The number of hydrogen-bond donors (Lipinski definition) is 1. The number of benzene rings is 2. The molecule has 0 saturated heterocycles. The molecular formula is C15H13NO6. The Kier molecular flexibility index (Phi) is 4.92. The molecule has 0 aliphatic rings. The Hall–Kier alpha value is -3.09. The molecule has 1 N–H and O–H groups in total. The number of hydrogen-bond acceptors (Lipinski definition) is 5. The van der Waals surface area contributed by atoms with Crippen LogP contribution in [0.4, 0.5) is 5.69 Å². The molecule has 7 nitrogen and oxygen atoms in total. The van der Waals surface area contributed by atoms with Crippen LogP contribution in [0, 0.1) is 10.1 Å². The van der Waals surface area contributed by atoms with Gasteiger partial charge in [-0.15, -0.1) is 0 Å². The lowest BCUT2D eigenvalue weighted by atomic mass is 10.2. The molecule has 114 valence electrons. The number of carboxylic acid groups (broad SMARTS) is 1. The lowest BCUT2D eigenvalue weighted by Crippen LogP contribution is -2.11. The quantitative estimate of drug-likeness (QED) is 0.479. The first-order valence-corrected chi connectivity index (χ1v) is 6.40. The lowest BCUT2D eigenvalue weighted by Gasteiger charge is -2.10. The first-order valence-electron chi connectivity index (χ1n) is 6.40. The number of nitro groups is 1. The van der Waals surface area contributed by atoms with Crippen LogP contribution < -0.4 is 9.47 Å². The highest BCUT2D eigenvalue weighted by Crippen LogP contribution is 2.20. The van der Waals surface area contributed by atoms with Crippen LogP contribution in [-0.2, 0) is 0 Å². The van der Waals surface area contributed by atoms with Crippen molar-refractivity contribution in [2.24, 2.45) is 0 Å². The minimum atomic E-state index is -1.07.